The van der Waals surface area contributed by atoms with E-state index in [9.17, 15) is 4.79 Å². The maximum atomic E-state index is 13.6. The molecule has 0 bridgehead atoms. The Morgan fingerprint density at radius 2 is 1.89 bits per heavy atom. The summed E-state index contributed by atoms with van der Waals surface area (Å²) in [6, 6.07) is 24.2. The molecule has 0 fully saturated rings. The minimum Gasteiger partial charge on any atom is -0.457 e. The minimum atomic E-state index is -0.168. The van der Waals surface area contributed by atoms with E-state index in [1.54, 1.807) is 41.2 Å². The highest BCUT2D eigenvalue weighted by Crippen LogP contribution is 2.30. The fraction of sp³-hybridized carbons (Fsp3) is 0. The summed E-state index contributed by atoms with van der Waals surface area (Å²) in [5, 5.41) is 20.2. The van der Waals surface area contributed by atoms with Crippen LogP contribution in [-0.4, -0.2) is 35.6 Å². The van der Waals surface area contributed by atoms with Crippen molar-refractivity contribution in [3.63, 3.8) is 0 Å². The number of rotatable bonds is 5. The van der Waals surface area contributed by atoms with Crippen molar-refractivity contribution < 1.29 is 9.53 Å². The van der Waals surface area contributed by atoms with Crippen molar-refractivity contribution in [2.75, 3.05) is 0 Å². The number of nitriles is 1. The molecule has 0 unspecified atom stereocenters. The van der Waals surface area contributed by atoms with Gasteiger partial charge < -0.3 is 9.72 Å². The van der Waals surface area contributed by atoms with Gasteiger partial charge in [-0.25, -0.2) is 9.50 Å². The second-order valence-corrected chi connectivity index (χ2v) is 8.60. The molecule has 7 rings (SSSR count). The first-order chi connectivity index (χ1) is 18.2. The number of benzene rings is 3. The molecule has 37 heavy (non-hydrogen) atoms. The van der Waals surface area contributed by atoms with E-state index in [1.165, 1.54) is 0 Å². The number of fused-ring (bicyclic) bond motifs is 4. The van der Waals surface area contributed by atoms with Gasteiger partial charge in [-0.3, -0.25) is 15.0 Å². The van der Waals surface area contributed by atoms with E-state index < -0.39 is 0 Å². The van der Waals surface area contributed by atoms with Gasteiger partial charge in [-0.15, -0.1) is 0 Å². The lowest BCUT2D eigenvalue weighted by molar-refractivity contribution is 0.103. The van der Waals surface area contributed by atoms with Crippen molar-refractivity contribution in [2.45, 2.75) is 0 Å². The Bertz CT molecular complexity index is 2000. The van der Waals surface area contributed by atoms with Crippen LogP contribution in [0.5, 0.6) is 11.5 Å². The van der Waals surface area contributed by atoms with Gasteiger partial charge in [0.1, 0.15) is 11.5 Å². The Hall–Kier alpha value is -5.62. The lowest BCUT2D eigenvalue weighted by atomic mass is 10.1. The van der Waals surface area contributed by atoms with Gasteiger partial charge in [0.2, 0.25) is 5.78 Å². The van der Waals surface area contributed by atoms with Crippen LogP contribution in [0.15, 0.2) is 85.2 Å². The highest BCUT2D eigenvalue weighted by atomic mass is 16.5. The monoisotopic (exact) mass is 483 g/mol. The van der Waals surface area contributed by atoms with Crippen LogP contribution in [0.1, 0.15) is 21.6 Å². The first-order valence-corrected chi connectivity index (χ1v) is 11.5. The first-order valence-electron chi connectivity index (χ1n) is 11.5. The number of aromatic nitrogens is 6. The van der Waals surface area contributed by atoms with Crippen LogP contribution in [0.2, 0.25) is 0 Å². The van der Waals surface area contributed by atoms with Crippen molar-refractivity contribution in [3.8, 4) is 28.8 Å². The molecule has 0 spiro atoms. The van der Waals surface area contributed by atoms with E-state index in [4.69, 9.17) is 15.0 Å². The molecule has 0 aliphatic carbocycles. The van der Waals surface area contributed by atoms with Gasteiger partial charge in [0.25, 0.3) is 0 Å². The molecule has 3 aromatic carbocycles. The SMILES string of the molecule is N#Cc1cccc(Oc2ccc3c(c2)nc2c(C(=O)c4cc5c(-c6ccn[nH]6)cccc5[nH]4)c[nH]n23)c1. The summed E-state index contributed by atoms with van der Waals surface area (Å²) in [6.45, 7) is 0. The quantitative estimate of drug-likeness (QED) is 0.275. The van der Waals surface area contributed by atoms with Gasteiger partial charge in [0.15, 0.2) is 5.65 Å². The van der Waals surface area contributed by atoms with E-state index in [2.05, 4.69) is 26.3 Å². The molecule has 0 aliphatic heterocycles. The second kappa shape index (κ2) is 7.96. The number of hydrogen-bond donors (Lipinski definition) is 3. The van der Waals surface area contributed by atoms with Gasteiger partial charge in [0.05, 0.1) is 39.6 Å². The maximum Gasteiger partial charge on any atom is 0.214 e. The summed E-state index contributed by atoms with van der Waals surface area (Å²) >= 11 is 0. The second-order valence-electron chi connectivity index (χ2n) is 8.60. The molecule has 3 N–H and O–H groups in total. The third kappa shape index (κ3) is 3.36. The predicted octanol–water partition coefficient (Wildman–Crippen LogP) is 5.58. The average molecular weight is 483 g/mol. The molecule has 9 heteroatoms. The smallest absolute Gasteiger partial charge is 0.214 e. The van der Waals surface area contributed by atoms with Crippen LogP contribution in [0.3, 0.4) is 0 Å². The fourth-order valence-electron chi connectivity index (χ4n) is 4.62. The van der Waals surface area contributed by atoms with Crippen LogP contribution >= 0.6 is 0 Å². The van der Waals surface area contributed by atoms with Crippen molar-refractivity contribution in [2.24, 2.45) is 0 Å². The molecule has 176 valence electrons. The van der Waals surface area contributed by atoms with Crippen LogP contribution < -0.4 is 4.74 Å². The number of nitrogens with zero attached hydrogens (tertiary/aromatic N) is 4. The summed E-state index contributed by atoms with van der Waals surface area (Å²) in [4.78, 5) is 21.5. The van der Waals surface area contributed by atoms with E-state index >= 15 is 0 Å². The van der Waals surface area contributed by atoms with Crippen molar-refractivity contribution in [3.05, 3.63) is 102 Å². The molecule has 0 atom stereocenters. The minimum absolute atomic E-state index is 0.168. The number of hydrogen-bond acceptors (Lipinski definition) is 5. The van der Waals surface area contributed by atoms with Gasteiger partial charge in [-0.05, 0) is 48.5 Å². The van der Waals surface area contributed by atoms with Crippen LogP contribution in [0.4, 0.5) is 0 Å². The number of nitrogens with one attached hydrogen (secondary N) is 3. The van der Waals surface area contributed by atoms with Gasteiger partial charge in [-0.2, -0.15) is 10.4 Å². The number of ketones is 1. The van der Waals surface area contributed by atoms with Crippen molar-refractivity contribution in [1.29, 1.82) is 5.26 Å². The normalized spacial score (nSPS) is 11.3. The number of H-pyrrole nitrogens is 3. The highest BCUT2D eigenvalue weighted by Gasteiger charge is 2.21. The molecule has 4 heterocycles. The summed E-state index contributed by atoms with van der Waals surface area (Å²) in [6.07, 6.45) is 3.37. The molecule has 7 aromatic rings. The molecule has 0 aliphatic rings. The molecule has 9 nitrogen and oxygen atoms in total. The molecular weight excluding hydrogens is 466 g/mol. The van der Waals surface area contributed by atoms with Crippen LogP contribution in [-0.2, 0) is 0 Å². The third-order valence-corrected chi connectivity index (χ3v) is 6.35. The Morgan fingerprint density at radius 3 is 2.76 bits per heavy atom. The molecular formula is C28H17N7O2. The summed E-state index contributed by atoms with van der Waals surface area (Å²) in [7, 11) is 0. The topological polar surface area (TPSA) is 128 Å². The first kappa shape index (κ1) is 20.7. The molecule has 0 saturated carbocycles. The van der Waals surface area contributed by atoms with Gasteiger partial charge >= 0.3 is 0 Å². The van der Waals surface area contributed by atoms with E-state index in [0.29, 0.717) is 39.5 Å². The summed E-state index contributed by atoms with van der Waals surface area (Å²) in [5.74, 6) is 0.976. The van der Waals surface area contributed by atoms with Gasteiger partial charge in [-0.1, -0.05) is 18.2 Å². The van der Waals surface area contributed by atoms with E-state index in [0.717, 1.165) is 27.7 Å². The maximum absolute atomic E-state index is 13.6. The van der Waals surface area contributed by atoms with Crippen molar-refractivity contribution in [1.82, 2.24) is 29.8 Å². The predicted molar refractivity (Wildman–Crippen MR) is 138 cm³/mol. The number of aromatic amines is 3. The Labute approximate surface area is 208 Å². The standard InChI is InChI=1S/C28H17N7O2/c29-14-16-3-1-4-17(11-16)37-18-7-8-26-24(12-18)33-28-21(15-31-35(26)28)27(36)25-13-20-19(23-9-10-30-34-23)5-2-6-22(20)32-25/h1-13,15,31-32H,(H,30,34). The Kier molecular flexibility index (Phi) is 4.46. The average Bonchev–Trinajstić information content (AvgIpc) is 3.71. The molecule has 4 aromatic heterocycles. The fourth-order valence-corrected chi connectivity index (χ4v) is 4.62. The summed E-state index contributed by atoms with van der Waals surface area (Å²) in [5.41, 5.74) is 6.15. The van der Waals surface area contributed by atoms with E-state index in [-0.39, 0.29) is 5.78 Å². The summed E-state index contributed by atoms with van der Waals surface area (Å²) < 4.78 is 7.71. The number of imidazole rings is 1. The number of ether oxygens (including phenoxy) is 1. The third-order valence-electron chi connectivity index (χ3n) is 6.35. The van der Waals surface area contributed by atoms with Crippen LogP contribution in [0, 0.1) is 11.3 Å². The molecule has 0 saturated heterocycles. The lowest BCUT2D eigenvalue weighted by Gasteiger charge is -2.05. The van der Waals surface area contributed by atoms with Crippen molar-refractivity contribution >= 4 is 33.4 Å². The number of carbonyl (C=O) groups excluding carboxylic acids is 1. The van der Waals surface area contributed by atoms with Crippen LogP contribution in [0.25, 0.3) is 38.8 Å². The lowest BCUT2D eigenvalue weighted by Crippen LogP contribution is -2.01. The zero-order valence-corrected chi connectivity index (χ0v) is 19.2. The van der Waals surface area contributed by atoms with E-state index in [1.807, 2.05) is 48.5 Å². The zero-order valence-electron chi connectivity index (χ0n) is 19.2. The highest BCUT2D eigenvalue weighted by molar-refractivity contribution is 6.14. The Balaban J connectivity index is 1.26. The number of carbonyl (C=O) groups is 1. The van der Waals surface area contributed by atoms with Gasteiger partial charge in [0, 0.05) is 34.9 Å². The zero-order chi connectivity index (χ0) is 24.9. The largest absolute Gasteiger partial charge is 0.457 e. The molecule has 0 radical (unpaired) electrons. The Morgan fingerprint density at radius 1 is 1.00 bits per heavy atom. The molecule has 0 amide bonds.